The second-order valence-corrected chi connectivity index (χ2v) is 15.8. The normalized spacial score (nSPS) is 14.0. The first-order valence-electron chi connectivity index (χ1n) is 11.2. The summed E-state index contributed by atoms with van der Waals surface area (Å²) in [4.78, 5) is 17.5. The van der Waals surface area contributed by atoms with Gasteiger partial charge in [-0.15, -0.1) is 0 Å². The van der Waals surface area contributed by atoms with Crippen molar-refractivity contribution < 1.29 is 9.32 Å². The van der Waals surface area contributed by atoms with Crippen molar-refractivity contribution in [3.05, 3.63) is 121 Å². The van der Waals surface area contributed by atoms with E-state index in [1.807, 2.05) is 91.9 Å². The van der Waals surface area contributed by atoms with Crippen molar-refractivity contribution in [3.63, 3.8) is 0 Å². The molecule has 4 rings (SSSR count). The average Bonchev–Trinajstić information content (AvgIpc) is 2.90. The van der Waals surface area contributed by atoms with Crippen molar-refractivity contribution in [2.45, 2.75) is 13.8 Å². The first kappa shape index (κ1) is 24.1. The summed E-state index contributed by atoms with van der Waals surface area (Å²) >= 11 is 4.27. The summed E-state index contributed by atoms with van der Waals surface area (Å²) in [6, 6.07) is 40.1. The Labute approximate surface area is 209 Å². The Morgan fingerprint density at radius 1 is 0.706 bits per heavy atom. The number of hydrogen-bond acceptors (Lipinski definition) is 3. The van der Waals surface area contributed by atoms with Gasteiger partial charge in [-0.1, -0.05) is 0 Å². The second kappa shape index (κ2) is 10.0. The van der Waals surface area contributed by atoms with Gasteiger partial charge >= 0.3 is 210 Å². The van der Waals surface area contributed by atoms with Gasteiger partial charge in [-0.2, -0.15) is 0 Å². The number of carbonyl (C=O) groups excluding carboxylic acids is 1. The van der Waals surface area contributed by atoms with Crippen LogP contribution < -0.4 is 15.9 Å². The molecule has 1 unspecified atom stereocenters. The number of hydrogen-bond donors (Lipinski definition) is 0. The SMILES string of the molecule is CC(=O)C(C)C(=Nc1ccccc1)OP(Br)(c1ccccc1)(c1ccccc1)c1ccccc1. The zero-order valence-electron chi connectivity index (χ0n) is 19.2. The van der Waals surface area contributed by atoms with Crippen LogP contribution in [0.2, 0.25) is 0 Å². The number of Topliss-reactive ketones (excluding diaryl/α,β-unsaturated/α-hetero) is 1. The Bertz CT molecular complexity index is 1180. The van der Waals surface area contributed by atoms with Crippen molar-refractivity contribution in [2.75, 3.05) is 0 Å². The molecule has 0 bridgehead atoms. The molecule has 3 nitrogen and oxygen atoms in total. The molecule has 0 aliphatic heterocycles. The number of para-hydroxylation sites is 1. The summed E-state index contributed by atoms with van der Waals surface area (Å²) in [7, 11) is 0. The molecule has 4 aromatic rings. The van der Waals surface area contributed by atoms with Gasteiger partial charge in [-0.3, -0.25) is 0 Å². The fraction of sp³-hybridized carbons (Fsp3) is 0.103. The monoisotopic (exact) mass is 531 g/mol. The molecule has 1 atom stereocenters. The summed E-state index contributed by atoms with van der Waals surface area (Å²) < 4.78 is 7.19. The zero-order valence-corrected chi connectivity index (χ0v) is 21.7. The van der Waals surface area contributed by atoms with Crippen molar-refractivity contribution >= 4 is 54.3 Å². The van der Waals surface area contributed by atoms with Crippen LogP contribution in [-0.4, -0.2) is 11.7 Å². The van der Waals surface area contributed by atoms with E-state index >= 15 is 0 Å². The maximum absolute atomic E-state index is 12.6. The van der Waals surface area contributed by atoms with Gasteiger partial charge in [-0.25, -0.2) is 0 Å². The molecular formula is C29H27BrNO2P. The van der Waals surface area contributed by atoms with Crippen LogP contribution in [0.25, 0.3) is 0 Å². The third-order valence-electron chi connectivity index (χ3n) is 5.89. The molecule has 4 aromatic carbocycles. The van der Waals surface area contributed by atoms with E-state index in [0.29, 0.717) is 5.90 Å². The predicted molar refractivity (Wildman–Crippen MR) is 149 cm³/mol. The number of ketones is 1. The Morgan fingerprint density at radius 3 is 1.41 bits per heavy atom. The number of aliphatic imine (C=N–C) groups is 1. The van der Waals surface area contributed by atoms with Crippen molar-refractivity contribution in [3.8, 4) is 0 Å². The predicted octanol–water partition coefficient (Wildman–Crippen LogP) is 6.71. The Morgan fingerprint density at radius 2 is 1.06 bits per heavy atom. The molecule has 0 fully saturated rings. The number of nitrogens with zero attached hydrogens (tertiary/aromatic N) is 1. The van der Waals surface area contributed by atoms with Crippen LogP contribution in [0, 0.1) is 5.92 Å². The minimum absolute atomic E-state index is 0.0126. The third kappa shape index (κ3) is 4.49. The van der Waals surface area contributed by atoms with E-state index in [1.54, 1.807) is 6.92 Å². The fourth-order valence-corrected chi connectivity index (χ4v) is 10.3. The molecule has 0 aliphatic rings. The number of carbonyl (C=O) groups is 1. The van der Waals surface area contributed by atoms with Crippen LogP contribution in [-0.2, 0) is 9.32 Å². The molecule has 0 aliphatic carbocycles. The topological polar surface area (TPSA) is 38.7 Å². The Kier molecular flexibility index (Phi) is 7.11. The van der Waals surface area contributed by atoms with Crippen molar-refractivity contribution in [2.24, 2.45) is 10.9 Å². The molecule has 0 radical (unpaired) electrons. The van der Waals surface area contributed by atoms with Gasteiger partial charge in [0.25, 0.3) is 0 Å². The number of rotatable bonds is 7. The van der Waals surface area contributed by atoms with Crippen molar-refractivity contribution in [1.29, 1.82) is 0 Å². The molecule has 0 amide bonds. The van der Waals surface area contributed by atoms with E-state index in [1.165, 1.54) is 0 Å². The summed E-state index contributed by atoms with van der Waals surface area (Å²) in [5, 5.41) is 2.97. The Balaban J connectivity index is 2.07. The number of halogens is 1. The van der Waals surface area contributed by atoms with Crippen LogP contribution in [0.4, 0.5) is 5.69 Å². The van der Waals surface area contributed by atoms with Gasteiger partial charge in [0, 0.05) is 0 Å². The molecule has 0 heterocycles. The second-order valence-electron chi connectivity index (χ2n) is 8.15. The first-order chi connectivity index (χ1) is 16.4. The van der Waals surface area contributed by atoms with E-state index in [2.05, 4.69) is 51.9 Å². The van der Waals surface area contributed by atoms with Crippen LogP contribution >= 0.6 is 21.0 Å². The van der Waals surface area contributed by atoms with Crippen LogP contribution in [0.5, 0.6) is 0 Å². The van der Waals surface area contributed by atoms with E-state index in [0.717, 1.165) is 21.6 Å². The molecule has 0 saturated carbocycles. The van der Waals surface area contributed by atoms with Crippen LogP contribution in [0.1, 0.15) is 13.8 Å². The minimum atomic E-state index is -3.74. The standard InChI is InChI=1S/C29H27BrNO2P/c1-23(24(2)32)29(31-25-15-7-3-8-16-25)33-34(30,26-17-9-4-10-18-26,27-19-11-5-12-20-27)28-21-13-6-14-22-28/h3-23H,1-2H3. The molecule has 0 N–H and O–H groups in total. The van der Waals surface area contributed by atoms with Gasteiger partial charge in [0.05, 0.1) is 0 Å². The van der Waals surface area contributed by atoms with Gasteiger partial charge in [0.2, 0.25) is 0 Å². The Hall–Kier alpha value is -3.07. The summed E-state index contributed by atoms with van der Waals surface area (Å²) in [6.07, 6.45) is 0. The van der Waals surface area contributed by atoms with E-state index in [4.69, 9.17) is 9.52 Å². The molecule has 172 valence electrons. The van der Waals surface area contributed by atoms with Gasteiger partial charge in [0.1, 0.15) is 0 Å². The van der Waals surface area contributed by atoms with Crippen LogP contribution in [0.15, 0.2) is 126 Å². The van der Waals surface area contributed by atoms with Gasteiger partial charge in [0.15, 0.2) is 0 Å². The fourth-order valence-electron chi connectivity index (χ4n) is 3.86. The van der Waals surface area contributed by atoms with E-state index in [-0.39, 0.29) is 5.78 Å². The summed E-state index contributed by atoms with van der Waals surface area (Å²) in [5.74, 6) is -0.165. The molecule has 0 saturated heterocycles. The van der Waals surface area contributed by atoms with Gasteiger partial charge < -0.3 is 0 Å². The van der Waals surface area contributed by atoms with E-state index < -0.39 is 11.5 Å². The van der Waals surface area contributed by atoms with Crippen LogP contribution in [0.3, 0.4) is 0 Å². The summed E-state index contributed by atoms with van der Waals surface area (Å²) in [5.41, 5.74) is -3.01. The molecule has 0 spiro atoms. The molecule has 34 heavy (non-hydrogen) atoms. The van der Waals surface area contributed by atoms with E-state index in [9.17, 15) is 4.79 Å². The van der Waals surface area contributed by atoms with Gasteiger partial charge in [-0.05, 0) is 0 Å². The zero-order chi connectivity index (χ0) is 24.0. The average molecular weight is 532 g/mol. The van der Waals surface area contributed by atoms with Crippen molar-refractivity contribution in [1.82, 2.24) is 0 Å². The molecule has 5 heteroatoms. The maximum atomic E-state index is 12.6. The number of benzene rings is 4. The molecular weight excluding hydrogens is 505 g/mol. The summed E-state index contributed by atoms with van der Waals surface area (Å²) in [6.45, 7) is 3.42. The first-order valence-corrected chi connectivity index (χ1v) is 15.3. The molecule has 0 aromatic heterocycles. The third-order valence-corrected chi connectivity index (χ3v) is 14.2. The quantitative estimate of drug-likeness (QED) is 0.151.